The zero-order chi connectivity index (χ0) is 12.3. The van der Waals surface area contributed by atoms with Crippen molar-refractivity contribution in [1.29, 1.82) is 0 Å². The van der Waals surface area contributed by atoms with Gasteiger partial charge in [-0.2, -0.15) is 0 Å². The molecular formula is C11H13F2NO3. The van der Waals surface area contributed by atoms with E-state index in [1.165, 1.54) is 0 Å². The van der Waals surface area contributed by atoms with Crippen molar-refractivity contribution in [1.82, 2.24) is 5.32 Å². The van der Waals surface area contributed by atoms with E-state index in [0.717, 1.165) is 0 Å². The van der Waals surface area contributed by atoms with Crippen molar-refractivity contribution in [3.63, 3.8) is 0 Å². The molecule has 1 aromatic carbocycles. The Labute approximate surface area is 97.2 Å². The molecule has 1 aliphatic rings. The van der Waals surface area contributed by atoms with Crippen LogP contribution in [0.4, 0.5) is 8.78 Å². The van der Waals surface area contributed by atoms with Crippen LogP contribution in [0.1, 0.15) is 11.7 Å². The number of ether oxygens (including phenoxy) is 2. The van der Waals surface area contributed by atoms with Crippen molar-refractivity contribution >= 4 is 0 Å². The van der Waals surface area contributed by atoms with Gasteiger partial charge in [-0.25, -0.2) is 8.78 Å². The van der Waals surface area contributed by atoms with E-state index in [1.807, 2.05) is 0 Å². The number of rotatable bonds is 5. The Balaban J connectivity index is 1.92. The summed E-state index contributed by atoms with van der Waals surface area (Å²) in [7, 11) is 0. The molecule has 0 amide bonds. The van der Waals surface area contributed by atoms with Crippen LogP contribution in [0.15, 0.2) is 18.2 Å². The van der Waals surface area contributed by atoms with Gasteiger partial charge >= 0.3 is 0 Å². The SMILES string of the molecule is OC(CNCC(F)F)c1ccc2c(c1)OCO2. The molecule has 0 aromatic heterocycles. The Bertz CT molecular complexity index is 387. The monoisotopic (exact) mass is 245 g/mol. The normalized spacial score (nSPS) is 15.3. The zero-order valence-electron chi connectivity index (χ0n) is 9.03. The molecule has 0 fully saturated rings. The molecule has 1 unspecified atom stereocenters. The molecule has 0 saturated carbocycles. The predicted octanol–water partition coefficient (Wildman–Crippen LogP) is 1.30. The molecule has 0 bridgehead atoms. The van der Waals surface area contributed by atoms with E-state index in [9.17, 15) is 13.9 Å². The van der Waals surface area contributed by atoms with E-state index in [-0.39, 0.29) is 13.3 Å². The minimum absolute atomic E-state index is 0.0734. The largest absolute Gasteiger partial charge is 0.454 e. The van der Waals surface area contributed by atoms with Crippen LogP contribution in [-0.4, -0.2) is 31.4 Å². The third-order valence-electron chi connectivity index (χ3n) is 2.42. The number of nitrogens with one attached hydrogen (secondary N) is 1. The topological polar surface area (TPSA) is 50.7 Å². The molecule has 1 aromatic rings. The highest BCUT2D eigenvalue weighted by atomic mass is 19.3. The van der Waals surface area contributed by atoms with Gasteiger partial charge in [-0.05, 0) is 17.7 Å². The number of benzene rings is 1. The average Bonchev–Trinajstić information content (AvgIpc) is 2.75. The summed E-state index contributed by atoms with van der Waals surface area (Å²) >= 11 is 0. The summed E-state index contributed by atoms with van der Waals surface area (Å²) in [4.78, 5) is 0. The highest BCUT2D eigenvalue weighted by molar-refractivity contribution is 5.45. The van der Waals surface area contributed by atoms with Crippen LogP contribution < -0.4 is 14.8 Å². The van der Waals surface area contributed by atoms with E-state index in [2.05, 4.69) is 5.32 Å². The van der Waals surface area contributed by atoms with Gasteiger partial charge in [0.1, 0.15) is 0 Å². The maximum Gasteiger partial charge on any atom is 0.250 e. The fraction of sp³-hybridized carbons (Fsp3) is 0.455. The van der Waals surface area contributed by atoms with Gasteiger partial charge in [0, 0.05) is 6.54 Å². The van der Waals surface area contributed by atoms with Crippen molar-refractivity contribution in [2.45, 2.75) is 12.5 Å². The molecule has 4 nitrogen and oxygen atoms in total. The van der Waals surface area contributed by atoms with Crippen LogP contribution in [0.3, 0.4) is 0 Å². The Kier molecular flexibility index (Phi) is 3.75. The molecule has 1 heterocycles. The lowest BCUT2D eigenvalue weighted by molar-refractivity contribution is 0.129. The molecule has 2 rings (SSSR count). The minimum Gasteiger partial charge on any atom is -0.454 e. The first-order valence-corrected chi connectivity index (χ1v) is 5.23. The third-order valence-corrected chi connectivity index (χ3v) is 2.42. The first-order chi connectivity index (χ1) is 8.16. The lowest BCUT2D eigenvalue weighted by Gasteiger charge is -2.12. The Morgan fingerprint density at radius 3 is 2.76 bits per heavy atom. The summed E-state index contributed by atoms with van der Waals surface area (Å²) in [6.07, 6.45) is -3.26. The maximum absolute atomic E-state index is 11.9. The summed E-state index contributed by atoms with van der Waals surface area (Å²) in [5.74, 6) is 1.19. The summed E-state index contributed by atoms with van der Waals surface area (Å²) in [5.41, 5.74) is 0.607. The van der Waals surface area contributed by atoms with Gasteiger partial charge in [-0.1, -0.05) is 6.07 Å². The van der Waals surface area contributed by atoms with Gasteiger partial charge in [-0.3, -0.25) is 0 Å². The number of aliphatic hydroxyl groups is 1. The van der Waals surface area contributed by atoms with Gasteiger partial charge in [0.25, 0.3) is 6.43 Å². The second-order valence-electron chi connectivity index (χ2n) is 3.68. The number of hydrogen-bond acceptors (Lipinski definition) is 4. The maximum atomic E-state index is 11.9. The van der Waals surface area contributed by atoms with Crippen molar-refractivity contribution in [2.75, 3.05) is 19.9 Å². The van der Waals surface area contributed by atoms with E-state index in [4.69, 9.17) is 9.47 Å². The first-order valence-electron chi connectivity index (χ1n) is 5.23. The molecule has 17 heavy (non-hydrogen) atoms. The molecule has 0 radical (unpaired) electrons. The Morgan fingerprint density at radius 2 is 2.00 bits per heavy atom. The second kappa shape index (κ2) is 5.29. The minimum atomic E-state index is -2.42. The van der Waals surface area contributed by atoms with Crippen LogP contribution in [0.5, 0.6) is 11.5 Å². The number of fused-ring (bicyclic) bond motifs is 1. The van der Waals surface area contributed by atoms with Crippen LogP contribution >= 0.6 is 0 Å². The molecular weight excluding hydrogens is 232 g/mol. The lowest BCUT2D eigenvalue weighted by atomic mass is 10.1. The second-order valence-corrected chi connectivity index (χ2v) is 3.68. The standard InChI is InChI=1S/C11H13F2NO3/c12-11(13)5-14-4-8(15)7-1-2-9-10(3-7)17-6-16-9/h1-3,8,11,14-15H,4-6H2. The highest BCUT2D eigenvalue weighted by Crippen LogP contribution is 2.33. The first kappa shape index (κ1) is 12.1. The fourth-order valence-electron chi connectivity index (χ4n) is 1.57. The molecule has 0 spiro atoms. The summed E-state index contributed by atoms with van der Waals surface area (Å²) in [5, 5.41) is 12.2. The summed E-state index contributed by atoms with van der Waals surface area (Å²) in [6, 6.07) is 5.02. The van der Waals surface area contributed by atoms with E-state index in [1.54, 1.807) is 18.2 Å². The van der Waals surface area contributed by atoms with Crippen LogP contribution in [0.2, 0.25) is 0 Å². The fourth-order valence-corrected chi connectivity index (χ4v) is 1.57. The summed E-state index contributed by atoms with van der Waals surface area (Å²) < 4.78 is 34.1. The van der Waals surface area contributed by atoms with Crippen LogP contribution in [0, 0.1) is 0 Å². The smallest absolute Gasteiger partial charge is 0.250 e. The molecule has 1 aliphatic heterocycles. The summed E-state index contributed by atoms with van der Waals surface area (Å²) in [6.45, 7) is -0.190. The van der Waals surface area contributed by atoms with E-state index in [0.29, 0.717) is 17.1 Å². The van der Waals surface area contributed by atoms with Gasteiger partial charge in [-0.15, -0.1) is 0 Å². The molecule has 94 valence electrons. The van der Waals surface area contributed by atoms with Gasteiger partial charge in [0.15, 0.2) is 11.5 Å². The van der Waals surface area contributed by atoms with E-state index < -0.39 is 19.1 Å². The van der Waals surface area contributed by atoms with Gasteiger partial charge in [0.2, 0.25) is 6.79 Å². The predicted molar refractivity (Wildman–Crippen MR) is 56.4 cm³/mol. The van der Waals surface area contributed by atoms with Crippen molar-refractivity contribution in [3.8, 4) is 11.5 Å². The molecule has 6 heteroatoms. The zero-order valence-corrected chi connectivity index (χ0v) is 9.03. The highest BCUT2D eigenvalue weighted by Gasteiger charge is 2.16. The Hall–Kier alpha value is -1.40. The van der Waals surface area contributed by atoms with Crippen molar-refractivity contribution in [3.05, 3.63) is 23.8 Å². The Morgan fingerprint density at radius 1 is 1.24 bits per heavy atom. The third kappa shape index (κ3) is 3.04. The number of aliphatic hydroxyl groups excluding tert-OH is 1. The van der Waals surface area contributed by atoms with Crippen molar-refractivity contribution in [2.24, 2.45) is 0 Å². The molecule has 1 atom stereocenters. The molecule has 2 N–H and O–H groups in total. The molecule has 0 aliphatic carbocycles. The van der Waals surface area contributed by atoms with Gasteiger partial charge in [0.05, 0.1) is 12.6 Å². The molecule has 0 saturated heterocycles. The number of hydrogen-bond donors (Lipinski definition) is 2. The van der Waals surface area contributed by atoms with Crippen molar-refractivity contribution < 1.29 is 23.4 Å². The quantitative estimate of drug-likeness (QED) is 0.821. The van der Waals surface area contributed by atoms with Gasteiger partial charge < -0.3 is 19.9 Å². The number of halogens is 2. The van der Waals surface area contributed by atoms with Crippen LogP contribution in [0.25, 0.3) is 0 Å². The van der Waals surface area contributed by atoms with E-state index >= 15 is 0 Å². The average molecular weight is 245 g/mol. The van der Waals surface area contributed by atoms with Crippen LogP contribution in [-0.2, 0) is 0 Å². The number of alkyl halides is 2. The lowest BCUT2D eigenvalue weighted by Crippen LogP contribution is -2.26.